The van der Waals surface area contributed by atoms with Gasteiger partial charge in [-0.2, -0.15) is 0 Å². The number of nitrogens with zero attached hydrogens (tertiary/aromatic N) is 1. The van der Waals surface area contributed by atoms with E-state index in [0.29, 0.717) is 5.69 Å². The number of hydrogen-bond donors (Lipinski definition) is 2. The average molecular weight is 265 g/mol. The summed E-state index contributed by atoms with van der Waals surface area (Å²) >= 11 is 0. The standard InChI is InChI=1S/C9H13F2N3O2S/c1-14(5-9(10)11)8-3-2-6(4-7(8)12)17(13,15)16/h2-4,9H,5,12H2,1H3,(H2,13,15,16). The number of anilines is 2. The molecule has 0 unspecified atom stereocenters. The van der Waals surface area contributed by atoms with Gasteiger partial charge in [-0.15, -0.1) is 0 Å². The van der Waals surface area contributed by atoms with Crippen LogP contribution in [0, 0.1) is 0 Å². The molecular formula is C9H13F2N3O2S. The molecule has 0 radical (unpaired) electrons. The fourth-order valence-corrected chi connectivity index (χ4v) is 1.91. The lowest BCUT2D eigenvalue weighted by Gasteiger charge is -2.20. The van der Waals surface area contributed by atoms with E-state index in [1.54, 1.807) is 0 Å². The molecule has 1 aromatic rings. The number of alkyl halides is 2. The smallest absolute Gasteiger partial charge is 0.255 e. The van der Waals surface area contributed by atoms with Crippen molar-refractivity contribution in [2.45, 2.75) is 11.3 Å². The summed E-state index contributed by atoms with van der Waals surface area (Å²) in [6.45, 7) is -0.487. The molecular weight excluding hydrogens is 252 g/mol. The van der Waals surface area contributed by atoms with E-state index in [0.717, 1.165) is 6.07 Å². The highest BCUT2D eigenvalue weighted by molar-refractivity contribution is 7.89. The molecule has 8 heteroatoms. The van der Waals surface area contributed by atoms with Crippen LogP contribution >= 0.6 is 0 Å². The summed E-state index contributed by atoms with van der Waals surface area (Å²) in [4.78, 5) is 1.09. The Balaban J connectivity index is 3.06. The Morgan fingerprint density at radius 3 is 2.41 bits per heavy atom. The Labute approximate surface area is 98.1 Å². The lowest BCUT2D eigenvalue weighted by molar-refractivity contribution is 0.156. The van der Waals surface area contributed by atoms with E-state index in [1.165, 1.54) is 24.1 Å². The first-order chi connectivity index (χ1) is 7.71. The first-order valence-electron chi connectivity index (χ1n) is 4.63. The molecule has 1 aromatic carbocycles. The van der Waals surface area contributed by atoms with Gasteiger partial charge in [0, 0.05) is 7.05 Å². The second kappa shape index (κ2) is 4.84. The topological polar surface area (TPSA) is 89.4 Å². The van der Waals surface area contributed by atoms with E-state index >= 15 is 0 Å². The highest BCUT2D eigenvalue weighted by Gasteiger charge is 2.14. The van der Waals surface area contributed by atoms with Gasteiger partial charge in [0.2, 0.25) is 10.0 Å². The number of hydrogen-bond acceptors (Lipinski definition) is 4. The van der Waals surface area contributed by atoms with Crippen molar-refractivity contribution in [2.75, 3.05) is 24.2 Å². The van der Waals surface area contributed by atoms with E-state index in [4.69, 9.17) is 10.9 Å². The Morgan fingerprint density at radius 2 is 2.00 bits per heavy atom. The number of primary sulfonamides is 1. The fraction of sp³-hybridized carbons (Fsp3) is 0.333. The zero-order chi connectivity index (χ0) is 13.2. The molecule has 17 heavy (non-hydrogen) atoms. The van der Waals surface area contributed by atoms with Crippen molar-refractivity contribution in [3.05, 3.63) is 18.2 Å². The van der Waals surface area contributed by atoms with E-state index in [1.807, 2.05) is 0 Å². The van der Waals surface area contributed by atoms with Gasteiger partial charge in [0.05, 0.1) is 22.8 Å². The van der Waals surface area contributed by atoms with E-state index < -0.39 is 23.0 Å². The van der Waals surface area contributed by atoms with Crippen molar-refractivity contribution in [1.29, 1.82) is 0 Å². The summed E-state index contributed by atoms with van der Waals surface area (Å²) in [6.07, 6.45) is -2.50. The van der Waals surface area contributed by atoms with Crippen LogP contribution in [-0.2, 0) is 10.0 Å². The fourth-order valence-electron chi connectivity index (χ4n) is 1.36. The first kappa shape index (κ1) is 13.7. The lowest BCUT2D eigenvalue weighted by Crippen LogP contribution is -2.25. The zero-order valence-electron chi connectivity index (χ0n) is 9.10. The Hall–Kier alpha value is -1.41. The summed E-state index contributed by atoms with van der Waals surface area (Å²) in [5.74, 6) is 0. The molecule has 0 aliphatic carbocycles. The third-order valence-electron chi connectivity index (χ3n) is 2.15. The molecule has 0 bridgehead atoms. The largest absolute Gasteiger partial charge is 0.397 e. The molecule has 0 saturated carbocycles. The van der Waals surface area contributed by atoms with Crippen molar-refractivity contribution in [1.82, 2.24) is 0 Å². The second-order valence-electron chi connectivity index (χ2n) is 3.54. The molecule has 1 rings (SSSR count). The number of nitrogen functional groups attached to an aromatic ring is 1. The second-order valence-corrected chi connectivity index (χ2v) is 5.10. The van der Waals surface area contributed by atoms with Crippen molar-refractivity contribution < 1.29 is 17.2 Å². The molecule has 0 fully saturated rings. The minimum Gasteiger partial charge on any atom is -0.397 e. The first-order valence-corrected chi connectivity index (χ1v) is 6.18. The van der Waals surface area contributed by atoms with Gasteiger partial charge in [0.15, 0.2) is 0 Å². The van der Waals surface area contributed by atoms with Crippen molar-refractivity contribution in [2.24, 2.45) is 5.14 Å². The zero-order valence-corrected chi connectivity index (χ0v) is 9.92. The van der Waals surface area contributed by atoms with Crippen molar-refractivity contribution in [3.8, 4) is 0 Å². The van der Waals surface area contributed by atoms with Gasteiger partial charge in [-0.1, -0.05) is 0 Å². The monoisotopic (exact) mass is 265 g/mol. The Morgan fingerprint density at radius 1 is 1.41 bits per heavy atom. The minimum absolute atomic E-state index is 0.0830. The molecule has 0 aliphatic rings. The summed E-state index contributed by atoms with van der Waals surface area (Å²) in [5.41, 5.74) is 6.00. The molecule has 0 aliphatic heterocycles. The van der Waals surface area contributed by atoms with Crippen LogP contribution in [0.15, 0.2) is 23.1 Å². The number of rotatable bonds is 4. The predicted molar refractivity (Wildman–Crippen MR) is 61.5 cm³/mol. The van der Waals surface area contributed by atoms with Crippen LogP contribution in [0.3, 0.4) is 0 Å². The van der Waals surface area contributed by atoms with Gasteiger partial charge < -0.3 is 10.6 Å². The van der Waals surface area contributed by atoms with Gasteiger partial charge >= 0.3 is 0 Å². The van der Waals surface area contributed by atoms with Crippen LogP contribution in [0.2, 0.25) is 0 Å². The Kier molecular flexibility index (Phi) is 3.89. The molecule has 0 heterocycles. The van der Waals surface area contributed by atoms with Gasteiger partial charge in [-0.25, -0.2) is 22.3 Å². The van der Waals surface area contributed by atoms with Crippen LogP contribution in [0.1, 0.15) is 0 Å². The van der Waals surface area contributed by atoms with Gasteiger partial charge in [-0.05, 0) is 18.2 Å². The highest BCUT2D eigenvalue weighted by Crippen LogP contribution is 2.25. The Bertz CT molecular complexity index is 505. The molecule has 0 saturated heterocycles. The predicted octanol–water partition coefficient (Wildman–Crippen LogP) is 0.618. The molecule has 0 amide bonds. The number of halogens is 2. The van der Waals surface area contributed by atoms with Crippen molar-refractivity contribution >= 4 is 21.4 Å². The van der Waals surface area contributed by atoms with E-state index in [-0.39, 0.29) is 10.6 Å². The molecule has 4 N–H and O–H groups in total. The number of benzene rings is 1. The summed E-state index contributed by atoms with van der Waals surface area (Å²) in [6, 6.07) is 3.72. The SMILES string of the molecule is CN(CC(F)F)c1ccc(S(N)(=O)=O)cc1N. The van der Waals surface area contributed by atoms with Gasteiger partial charge in [0.25, 0.3) is 6.43 Å². The molecule has 0 atom stereocenters. The third-order valence-corrected chi connectivity index (χ3v) is 3.06. The van der Waals surface area contributed by atoms with E-state index in [9.17, 15) is 17.2 Å². The van der Waals surface area contributed by atoms with E-state index in [2.05, 4.69) is 0 Å². The van der Waals surface area contributed by atoms with Gasteiger partial charge in [0.1, 0.15) is 0 Å². The maximum absolute atomic E-state index is 12.2. The average Bonchev–Trinajstić information content (AvgIpc) is 2.14. The normalized spacial score (nSPS) is 11.8. The summed E-state index contributed by atoms with van der Waals surface area (Å²) in [5, 5.41) is 4.92. The lowest BCUT2D eigenvalue weighted by atomic mass is 10.2. The van der Waals surface area contributed by atoms with Gasteiger partial charge in [-0.3, -0.25) is 0 Å². The van der Waals surface area contributed by atoms with Crippen LogP contribution in [-0.4, -0.2) is 28.4 Å². The number of nitrogens with two attached hydrogens (primary N) is 2. The minimum atomic E-state index is -3.84. The summed E-state index contributed by atoms with van der Waals surface area (Å²) < 4.78 is 46.4. The molecule has 5 nitrogen and oxygen atoms in total. The maximum Gasteiger partial charge on any atom is 0.255 e. The maximum atomic E-state index is 12.2. The van der Waals surface area contributed by atoms with Crippen LogP contribution in [0.25, 0.3) is 0 Å². The van der Waals surface area contributed by atoms with Crippen LogP contribution in [0.5, 0.6) is 0 Å². The third kappa shape index (κ3) is 3.53. The molecule has 0 aromatic heterocycles. The van der Waals surface area contributed by atoms with Crippen LogP contribution in [0.4, 0.5) is 20.2 Å². The van der Waals surface area contributed by atoms with Crippen molar-refractivity contribution in [3.63, 3.8) is 0 Å². The molecule has 96 valence electrons. The number of sulfonamides is 1. The molecule has 0 spiro atoms. The highest BCUT2D eigenvalue weighted by atomic mass is 32.2. The summed E-state index contributed by atoms with van der Waals surface area (Å²) in [7, 11) is -2.40. The van der Waals surface area contributed by atoms with Crippen LogP contribution < -0.4 is 15.8 Å². The quantitative estimate of drug-likeness (QED) is 0.781.